The highest BCUT2D eigenvalue weighted by Gasteiger charge is 2.25. The van der Waals surface area contributed by atoms with Crippen molar-refractivity contribution in [3.8, 4) is 0 Å². The Labute approximate surface area is 200 Å². The monoisotopic (exact) mass is 541 g/mol. The zero-order valence-corrected chi connectivity index (χ0v) is 20.5. The number of likely N-dealkylation sites (tertiary alicyclic amines) is 1. The molecule has 31 heavy (non-hydrogen) atoms. The molecule has 0 spiro atoms. The van der Waals surface area contributed by atoms with Crippen molar-refractivity contribution in [2.45, 2.75) is 51.7 Å². The molecule has 0 aliphatic carbocycles. The van der Waals surface area contributed by atoms with E-state index in [2.05, 4.69) is 29.4 Å². The summed E-state index contributed by atoms with van der Waals surface area (Å²) in [5, 5.41) is 17.8. The van der Waals surface area contributed by atoms with E-state index in [9.17, 15) is 10.1 Å². The molecule has 0 bridgehead atoms. The van der Waals surface area contributed by atoms with Crippen LogP contribution in [0.2, 0.25) is 0 Å². The molecule has 0 saturated carbocycles. The number of hydrogen-bond acceptors (Lipinski definition) is 5. The third-order valence-electron chi connectivity index (χ3n) is 5.48. The molecule has 9 heteroatoms. The third kappa shape index (κ3) is 7.49. The van der Waals surface area contributed by atoms with Crippen molar-refractivity contribution >= 4 is 35.6 Å². The van der Waals surface area contributed by atoms with Gasteiger partial charge in [0, 0.05) is 24.7 Å². The highest BCUT2D eigenvalue weighted by Crippen LogP contribution is 2.24. The maximum absolute atomic E-state index is 10.8. The minimum absolute atomic E-state index is 0. The largest absolute Gasteiger partial charge is 0.468 e. The van der Waals surface area contributed by atoms with Gasteiger partial charge in [0.25, 0.3) is 5.69 Å². The Morgan fingerprint density at radius 3 is 2.55 bits per heavy atom. The lowest BCUT2D eigenvalue weighted by molar-refractivity contribution is -0.384. The summed E-state index contributed by atoms with van der Waals surface area (Å²) in [6.07, 6.45) is 5.12. The van der Waals surface area contributed by atoms with E-state index in [4.69, 9.17) is 9.41 Å². The van der Waals surface area contributed by atoms with Crippen LogP contribution in [0.25, 0.3) is 0 Å². The Morgan fingerprint density at radius 1 is 1.26 bits per heavy atom. The first-order chi connectivity index (χ1) is 14.6. The van der Waals surface area contributed by atoms with Gasteiger partial charge in [0.05, 0.1) is 23.8 Å². The van der Waals surface area contributed by atoms with Gasteiger partial charge >= 0.3 is 0 Å². The Morgan fingerprint density at radius 2 is 1.97 bits per heavy atom. The molecule has 2 aromatic rings. The predicted octanol–water partition coefficient (Wildman–Crippen LogP) is 4.48. The number of aliphatic imine (C=N–C) groups is 1. The van der Waals surface area contributed by atoms with Gasteiger partial charge in [0.1, 0.15) is 5.76 Å². The van der Waals surface area contributed by atoms with Gasteiger partial charge in [-0.05, 0) is 57.0 Å². The van der Waals surface area contributed by atoms with Gasteiger partial charge < -0.3 is 15.1 Å². The van der Waals surface area contributed by atoms with E-state index in [1.807, 2.05) is 12.1 Å². The van der Waals surface area contributed by atoms with Crippen molar-refractivity contribution in [2.24, 2.45) is 4.99 Å². The molecule has 1 aromatic heterocycles. The number of non-ortho nitro benzene ring substituents is 1. The van der Waals surface area contributed by atoms with Crippen molar-refractivity contribution in [1.82, 2.24) is 15.5 Å². The second-order valence-electron chi connectivity index (χ2n) is 7.70. The van der Waals surface area contributed by atoms with Crippen LogP contribution in [0.5, 0.6) is 0 Å². The first-order valence-corrected chi connectivity index (χ1v) is 10.6. The second-order valence-corrected chi connectivity index (χ2v) is 7.70. The van der Waals surface area contributed by atoms with Crippen LogP contribution in [0.15, 0.2) is 52.1 Å². The molecule has 2 heterocycles. The lowest BCUT2D eigenvalue weighted by Gasteiger charge is -2.27. The summed E-state index contributed by atoms with van der Waals surface area (Å²) in [4.78, 5) is 17.6. The molecule has 1 fully saturated rings. The second kappa shape index (κ2) is 12.7. The number of nitrogens with one attached hydrogen (secondary N) is 2. The first kappa shape index (κ1) is 25.1. The van der Waals surface area contributed by atoms with Gasteiger partial charge in [0.15, 0.2) is 5.96 Å². The summed E-state index contributed by atoms with van der Waals surface area (Å²) < 4.78 is 5.71. The van der Waals surface area contributed by atoms with Crippen molar-refractivity contribution < 1.29 is 9.34 Å². The van der Waals surface area contributed by atoms with E-state index >= 15 is 0 Å². The first-order valence-electron chi connectivity index (χ1n) is 10.6. The zero-order chi connectivity index (χ0) is 21.3. The van der Waals surface area contributed by atoms with Crippen LogP contribution in [-0.4, -0.2) is 41.5 Å². The van der Waals surface area contributed by atoms with Gasteiger partial charge in [-0.2, -0.15) is 0 Å². The van der Waals surface area contributed by atoms with Crippen molar-refractivity contribution in [3.63, 3.8) is 0 Å². The SMILES string of the molecule is CCC(C)NC(=NCc1ccc([N+](=O)[O-])cc1)NCC(c1ccco1)N1CCCC1.I. The normalized spacial score (nSPS) is 16.4. The molecule has 1 aliphatic heterocycles. The Hall–Kier alpha value is -2.14. The molecule has 0 amide bonds. The van der Waals surface area contributed by atoms with Crippen molar-refractivity contribution in [1.29, 1.82) is 0 Å². The van der Waals surface area contributed by atoms with Gasteiger partial charge in [-0.25, -0.2) is 4.99 Å². The van der Waals surface area contributed by atoms with E-state index < -0.39 is 4.92 Å². The summed E-state index contributed by atoms with van der Waals surface area (Å²) in [5.41, 5.74) is 1.01. The predicted molar refractivity (Wildman–Crippen MR) is 133 cm³/mol. The maximum Gasteiger partial charge on any atom is 0.269 e. The zero-order valence-electron chi connectivity index (χ0n) is 18.1. The molecule has 1 aliphatic rings. The fourth-order valence-electron chi connectivity index (χ4n) is 3.52. The molecule has 2 N–H and O–H groups in total. The highest BCUT2D eigenvalue weighted by molar-refractivity contribution is 14.0. The highest BCUT2D eigenvalue weighted by atomic mass is 127. The summed E-state index contributed by atoms with van der Waals surface area (Å²) >= 11 is 0. The number of benzene rings is 1. The Balaban J connectivity index is 0.00000341. The van der Waals surface area contributed by atoms with Gasteiger partial charge in [-0.15, -0.1) is 24.0 Å². The average Bonchev–Trinajstić information content (AvgIpc) is 3.47. The van der Waals surface area contributed by atoms with Crippen LogP contribution in [0, 0.1) is 10.1 Å². The summed E-state index contributed by atoms with van der Waals surface area (Å²) in [6, 6.07) is 10.9. The standard InChI is InChI=1S/C22H31N5O3.HI/c1-3-17(2)25-22(23-15-18-8-10-19(11-9-18)27(28)29)24-16-20(21-7-6-14-30-21)26-12-4-5-13-26;/h6-11,14,17,20H,3-5,12-13,15-16H2,1-2H3,(H2,23,24,25);1H. The Bertz CT molecular complexity index is 820. The number of nitro groups is 1. The smallest absolute Gasteiger partial charge is 0.269 e. The number of halogens is 1. The number of guanidine groups is 1. The van der Waals surface area contributed by atoms with Crippen molar-refractivity contribution in [3.05, 3.63) is 64.1 Å². The topological polar surface area (TPSA) is 95.9 Å². The minimum Gasteiger partial charge on any atom is -0.468 e. The molecule has 170 valence electrons. The molecule has 1 aromatic carbocycles. The lowest BCUT2D eigenvalue weighted by Crippen LogP contribution is -2.45. The van der Waals surface area contributed by atoms with Crippen LogP contribution in [0.4, 0.5) is 5.69 Å². The van der Waals surface area contributed by atoms with Gasteiger partial charge in [-0.3, -0.25) is 15.0 Å². The third-order valence-corrected chi connectivity index (χ3v) is 5.48. The summed E-state index contributed by atoms with van der Waals surface area (Å²) in [5.74, 6) is 1.70. The van der Waals surface area contributed by atoms with E-state index in [1.165, 1.54) is 25.0 Å². The van der Waals surface area contributed by atoms with E-state index in [1.54, 1.807) is 18.4 Å². The molecular weight excluding hydrogens is 509 g/mol. The Kier molecular flexibility index (Phi) is 10.3. The van der Waals surface area contributed by atoms with Crippen LogP contribution in [0.1, 0.15) is 50.5 Å². The van der Waals surface area contributed by atoms with Crippen molar-refractivity contribution in [2.75, 3.05) is 19.6 Å². The maximum atomic E-state index is 10.8. The number of rotatable bonds is 9. The molecule has 0 radical (unpaired) electrons. The molecule has 8 nitrogen and oxygen atoms in total. The van der Waals surface area contributed by atoms with E-state index in [0.29, 0.717) is 13.1 Å². The summed E-state index contributed by atoms with van der Waals surface area (Å²) in [7, 11) is 0. The van der Waals surface area contributed by atoms with E-state index in [0.717, 1.165) is 36.8 Å². The van der Waals surface area contributed by atoms with Crippen LogP contribution in [-0.2, 0) is 6.54 Å². The van der Waals surface area contributed by atoms with Gasteiger partial charge in [0.2, 0.25) is 0 Å². The molecule has 2 atom stereocenters. The fourth-order valence-corrected chi connectivity index (χ4v) is 3.52. The number of furan rings is 1. The molecule has 2 unspecified atom stereocenters. The summed E-state index contributed by atoms with van der Waals surface area (Å²) in [6.45, 7) is 7.52. The fraction of sp³-hybridized carbons (Fsp3) is 0.500. The number of hydrogen-bond donors (Lipinski definition) is 2. The van der Waals surface area contributed by atoms with Gasteiger partial charge in [-0.1, -0.05) is 19.1 Å². The molecular formula is C22H32IN5O3. The van der Waals surface area contributed by atoms with Crippen LogP contribution < -0.4 is 10.6 Å². The van der Waals surface area contributed by atoms with E-state index in [-0.39, 0.29) is 41.7 Å². The quantitative estimate of drug-likeness (QED) is 0.160. The van der Waals surface area contributed by atoms with Crippen LogP contribution in [0.3, 0.4) is 0 Å². The molecule has 3 rings (SSSR count). The average molecular weight is 541 g/mol. The molecule has 1 saturated heterocycles. The number of nitro benzene ring substituents is 1. The van der Waals surface area contributed by atoms with Crippen LogP contribution >= 0.6 is 24.0 Å². The number of nitrogens with zero attached hydrogens (tertiary/aromatic N) is 3. The minimum atomic E-state index is -0.391. The lowest BCUT2D eigenvalue weighted by atomic mass is 10.2.